The van der Waals surface area contributed by atoms with Gasteiger partial charge in [-0.2, -0.15) is 0 Å². The predicted molar refractivity (Wildman–Crippen MR) is 39.6 cm³/mol. The first-order valence-electron chi connectivity index (χ1n) is 2.96. The lowest BCUT2D eigenvalue weighted by molar-refractivity contribution is -0.132. The van der Waals surface area contributed by atoms with Gasteiger partial charge in [-0.1, -0.05) is 18.7 Å². The fourth-order valence-electron chi connectivity index (χ4n) is 0.503. The number of hydrogen-bond donors (Lipinski definition) is 0. The zero-order valence-corrected chi connectivity index (χ0v) is 6.18. The van der Waals surface area contributed by atoms with Crippen LogP contribution in [0.25, 0.3) is 0 Å². The van der Waals surface area contributed by atoms with Crippen LogP contribution < -0.4 is 0 Å². The van der Waals surface area contributed by atoms with Crippen molar-refractivity contribution in [2.45, 2.75) is 13.8 Å². The van der Waals surface area contributed by atoms with E-state index in [1.807, 2.05) is 0 Å². The fraction of sp³-hybridized carbons (Fsp3) is 0.250. The molecule has 0 saturated heterocycles. The van der Waals surface area contributed by atoms with E-state index in [1.54, 1.807) is 13.0 Å². The molecular formula is C8H10O2. The molecule has 0 aliphatic heterocycles. The average molecular weight is 138 g/mol. The summed E-state index contributed by atoms with van der Waals surface area (Å²) in [4.78, 5) is 21.1. The Morgan fingerprint density at radius 2 is 1.90 bits per heavy atom. The number of carbonyl (C=O) groups excluding carboxylic acids is 2. The molecule has 2 nitrogen and oxygen atoms in total. The maximum absolute atomic E-state index is 10.7. The van der Waals surface area contributed by atoms with Gasteiger partial charge in [-0.05, 0) is 6.92 Å². The Labute approximate surface area is 60.2 Å². The second kappa shape index (κ2) is 3.77. The highest BCUT2D eigenvalue weighted by molar-refractivity contribution is 6.43. The summed E-state index contributed by atoms with van der Waals surface area (Å²) in [7, 11) is 0. The summed E-state index contributed by atoms with van der Waals surface area (Å²) in [6.07, 6.45) is 3.19. The van der Waals surface area contributed by atoms with Crippen molar-refractivity contribution in [2.24, 2.45) is 0 Å². The lowest BCUT2D eigenvalue weighted by atomic mass is 10.1. The smallest absolute Gasteiger partial charge is 0.227 e. The fourth-order valence-corrected chi connectivity index (χ4v) is 0.503. The molecule has 0 amide bonds. The zero-order chi connectivity index (χ0) is 8.15. The van der Waals surface area contributed by atoms with E-state index in [1.165, 1.54) is 13.0 Å². The Morgan fingerprint density at radius 1 is 1.40 bits per heavy atom. The highest BCUT2D eigenvalue weighted by Crippen LogP contribution is 1.95. The lowest BCUT2D eigenvalue weighted by Crippen LogP contribution is -2.09. The van der Waals surface area contributed by atoms with Crippen LogP contribution in [-0.4, -0.2) is 11.6 Å². The van der Waals surface area contributed by atoms with E-state index in [0.29, 0.717) is 0 Å². The van der Waals surface area contributed by atoms with Gasteiger partial charge in [-0.15, -0.1) is 0 Å². The lowest BCUT2D eigenvalue weighted by Gasteiger charge is -1.90. The van der Waals surface area contributed by atoms with Gasteiger partial charge < -0.3 is 0 Å². The Hall–Kier alpha value is -1.18. The molecule has 0 aromatic heterocycles. The molecular weight excluding hydrogens is 128 g/mol. The summed E-state index contributed by atoms with van der Waals surface area (Å²) in [5.41, 5.74) is 0.245. The third kappa shape index (κ3) is 2.40. The molecule has 0 aromatic carbocycles. The van der Waals surface area contributed by atoms with E-state index in [2.05, 4.69) is 6.58 Å². The van der Waals surface area contributed by atoms with Crippen molar-refractivity contribution in [3.63, 3.8) is 0 Å². The number of allylic oxidation sites excluding steroid dienone is 3. The zero-order valence-electron chi connectivity index (χ0n) is 6.18. The highest BCUT2D eigenvalue weighted by atomic mass is 16.2. The van der Waals surface area contributed by atoms with Crippen molar-refractivity contribution in [3.8, 4) is 0 Å². The van der Waals surface area contributed by atoms with Gasteiger partial charge in [0.1, 0.15) is 0 Å². The minimum Gasteiger partial charge on any atom is -0.291 e. The first-order valence-corrected chi connectivity index (χ1v) is 2.96. The number of carbonyl (C=O) groups is 2. The van der Waals surface area contributed by atoms with Gasteiger partial charge in [0.05, 0.1) is 0 Å². The first-order chi connectivity index (χ1) is 4.59. The monoisotopic (exact) mass is 138 g/mol. The van der Waals surface area contributed by atoms with Crippen molar-refractivity contribution in [3.05, 3.63) is 24.3 Å². The van der Waals surface area contributed by atoms with Crippen LogP contribution in [0.15, 0.2) is 24.3 Å². The van der Waals surface area contributed by atoms with Gasteiger partial charge in [-0.25, -0.2) is 0 Å². The second-order valence-electron chi connectivity index (χ2n) is 1.91. The van der Waals surface area contributed by atoms with Gasteiger partial charge >= 0.3 is 0 Å². The molecule has 0 N–H and O–H groups in total. The molecule has 10 heavy (non-hydrogen) atoms. The van der Waals surface area contributed by atoms with Crippen molar-refractivity contribution >= 4 is 11.6 Å². The highest BCUT2D eigenvalue weighted by Gasteiger charge is 2.08. The maximum atomic E-state index is 10.7. The Kier molecular flexibility index (Phi) is 3.33. The molecule has 0 saturated carbocycles. The average Bonchev–Trinajstić information content (AvgIpc) is 1.87. The van der Waals surface area contributed by atoms with Gasteiger partial charge in [0.25, 0.3) is 0 Å². The number of hydrogen-bond acceptors (Lipinski definition) is 2. The second-order valence-corrected chi connectivity index (χ2v) is 1.91. The van der Waals surface area contributed by atoms with Gasteiger partial charge in [-0.3, -0.25) is 9.59 Å². The van der Waals surface area contributed by atoms with E-state index in [4.69, 9.17) is 0 Å². The minimum absolute atomic E-state index is 0.245. The largest absolute Gasteiger partial charge is 0.291 e. The molecule has 0 unspecified atom stereocenters. The predicted octanol–water partition coefficient (Wildman–Crippen LogP) is 1.28. The van der Waals surface area contributed by atoms with E-state index in [0.717, 1.165) is 0 Å². The van der Waals surface area contributed by atoms with Gasteiger partial charge in [0, 0.05) is 12.5 Å². The van der Waals surface area contributed by atoms with Crippen molar-refractivity contribution in [1.29, 1.82) is 0 Å². The molecule has 0 bridgehead atoms. The van der Waals surface area contributed by atoms with Crippen LogP contribution in [0.2, 0.25) is 0 Å². The van der Waals surface area contributed by atoms with Crippen molar-refractivity contribution in [1.82, 2.24) is 0 Å². The van der Waals surface area contributed by atoms with Crippen LogP contribution in [0, 0.1) is 0 Å². The molecule has 0 fully saturated rings. The first kappa shape index (κ1) is 8.82. The van der Waals surface area contributed by atoms with Crippen LogP contribution in [0.3, 0.4) is 0 Å². The summed E-state index contributed by atoms with van der Waals surface area (Å²) >= 11 is 0. The third-order valence-electron chi connectivity index (χ3n) is 0.979. The van der Waals surface area contributed by atoms with Crippen LogP contribution in [0.5, 0.6) is 0 Å². The summed E-state index contributed by atoms with van der Waals surface area (Å²) in [6.45, 7) is 6.40. The Morgan fingerprint density at radius 3 is 2.20 bits per heavy atom. The molecule has 0 spiro atoms. The Balaban J connectivity index is 4.23. The van der Waals surface area contributed by atoms with Crippen LogP contribution >= 0.6 is 0 Å². The normalized spacial score (nSPS) is 9.80. The molecule has 0 atom stereocenters. The Bertz CT molecular complexity index is 199. The summed E-state index contributed by atoms with van der Waals surface area (Å²) in [5, 5.41) is 0. The molecule has 0 aromatic rings. The summed E-state index contributed by atoms with van der Waals surface area (Å²) in [6, 6.07) is 0. The molecule has 0 aliphatic rings. The van der Waals surface area contributed by atoms with E-state index in [9.17, 15) is 9.59 Å². The number of Topliss-reactive ketones (excluding diaryl/α,β-unsaturated/α-hetero) is 2. The van der Waals surface area contributed by atoms with Crippen molar-refractivity contribution < 1.29 is 9.59 Å². The topological polar surface area (TPSA) is 34.1 Å². The number of rotatable bonds is 3. The quantitative estimate of drug-likeness (QED) is 0.334. The summed E-state index contributed by atoms with van der Waals surface area (Å²) < 4.78 is 0. The minimum atomic E-state index is -0.516. The van der Waals surface area contributed by atoms with Crippen LogP contribution in [-0.2, 0) is 9.59 Å². The molecule has 2 heteroatoms. The molecule has 0 aliphatic carbocycles. The molecule has 0 rings (SSSR count). The molecule has 0 heterocycles. The van der Waals surface area contributed by atoms with Gasteiger partial charge in [0.15, 0.2) is 5.78 Å². The standard InChI is InChI=1S/C8H10O2/c1-4-5-6(2)8(10)7(3)9/h4-5H,2H2,1,3H3. The van der Waals surface area contributed by atoms with E-state index in [-0.39, 0.29) is 5.57 Å². The van der Waals surface area contributed by atoms with Gasteiger partial charge in [0.2, 0.25) is 5.78 Å². The van der Waals surface area contributed by atoms with E-state index < -0.39 is 11.6 Å². The van der Waals surface area contributed by atoms with E-state index >= 15 is 0 Å². The number of ketones is 2. The van der Waals surface area contributed by atoms with Crippen LogP contribution in [0.1, 0.15) is 13.8 Å². The van der Waals surface area contributed by atoms with Crippen molar-refractivity contribution in [2.75, 3.05) is 0 Å². The summed E-state index contributed by atoms with van der Waals surface area (Å²) in [5.74, 6) is -0.985. The third-order valence-corrected chi connectivity index (χ3v) is 0.979. The molecule has 0 radical (unpaired) electrons. The SMILES string of the molecule is C=C(C=CC)C(=O)C(C)=O. The van der Waals surface area contributed by atoms with Crippen LogP contribution in [0.4, 0.5) is 0 Å². The molecule has 54 valence electrons. The maximum Gasteiger partial charge on any atom is 0.227 e.